The van der Waals surface area contributed by atoms with Crippen molar-refractivity contribution in [2.75, 3.05) is 18.1 Å². The molecule has 0 atom stereocenters. The van der Waals surface area contributed by atoms with Crippen molar-refractivity contribution in [1.29, 1.82) is 0 Å². The molecular formula is C21H34O3S. The lowest BCUT2D eigenvalue weighted by molar-refractivity contribution is 0.299. The Morgan fingerprint density at radius 3 is 2.52 bits per heavy atom. The summed E-state index contributed by atoms with van der Waals surface area (Å²) >= 11 is 0. The predicted molar refractivity (Wildman–Crippen MR) is 105 cm³/mol. The molecule has 2 rings (SSSR count). The number of hydrogen-bond donors (Lipinski definition) is 0. The van der Waals surface area contributed by atoms with E-state index >= 15 is 0 Å². The van der Waals surface area contributed by atoms with Crippen LogP contribution in [0.15, 0.2) is 24.3 Å². The first-order valence-corrected chi connectivity index (χ1v) is 11.5. The van der Waals surface area contributed by atoms with Gasteiger partial charge in [-0.05, 0) is 61.1 Å². The van der Waals surface area contributed by atoms with Crippen LogP contribution in [0.5, 0.6) is 5.75 Å². The molecule has 0 bridgehead atoms. The monoisotopic (exact) mass is 366 g/mol. The van der Waals surface area contributed by atoms with Gasteiger partial charge in [-0.3, -0.25) is 0 Å². The van der Waals surface area contributed by atoms with Crippen LogP contribution >= 0.6 is 0 Å². The van der Waals surface area contributed by atoms with Crippen LogP contribution < -0.4 is 4.74 Å². The van der Waals surface area contributed by atoms with Gasteiger partial charge in [0.15, 0.2) is 9.84 Å². The topological polar surface area (TPSA) is 43.4 Å². The lowest BCUT2D eigenvalue weighted by Crippen LogP contribution is -2.13. The van der Waals surface area contributed by atoms with Crippen LogP contribution in [-0.2, 0) is 16.3 Å². The SMILES string of the molecule is CC(C)(C)CCCCCS(=O)(=O)CCc1cccc(OCC2CC2)c1. The van der Waals surface area contributed by atoms with E-state index in [9.17, 15) is 8.42 Å². The second-order valence-electron chi connectivity index (χ2n) is 8.67. The zero-order valence-corrected chi connectivity index (χ0v) is 16.9. The molecule has 0 aromatic heterocycles. The molecule has 0 aliphatic heterocycles. The van der Waals surface area contributed by atoms with Crippen LogP contribution in [0.25, 0.3) is 0 Å². The maximum absolute atomic E-state index is 12.2. The van der Waals surface area contributed by atoms with E-state index in [2.05, 4.69) is 20.8 Å². The van der Waals surface area contributed by atoms with Crippen molar-refractivity contribution < 1.29 is 13.2 Å². The molecule has 0 spiro atoms. The van der Waals surface area contributed by atoms with Crippen LogP contribution in [0.2, 0.25) is 0 Å². The lowest BCUT2D eigenvalue weighted by atomic mass is 9.90. The molecule has 0 saturated heterocycles. The maximum atomic E-state index is 12.2. The number of unbranched alkanes of at least 4 members (excludes halogenated alkanes) is 2. The molecule has 1 aliphatic carbocycles. The molecule has 3 nitrogen and oxygen atoms in total. The van der Waals surface area contributed by atoms with Gasteiger partial charge in [0.05, 0.1) is 18.1 Å². The van der Waals surface area contributed by atoms with Gasteiger partial charge in [-0.25, -0.2) is 8.42 Å². The largest absolute Gasteiger partial charge is 0.493 e. The smallest absolute Gasteiger partial charge is 0.150 e. The number of sulfone groups is 1. The molecule has 0 unspecified atom stereocenters. The fraction of sp³-hybridized carbons (Fsp3) is 0.714. The van der Waals surface area contributed by atoms with E-state index in [1.165, 1.54) is 12.8 Å². The Morgan fingerprint density at radius 1 is 1.08 bits per heavy atom. The molecule has 25 heavy (non-hydrogen) atoms. The Balaban J connectivity index is 1.68. The van der Waals surface area contributed by atoms with Gasteiger partial charge in [0.1, 0.15) is 5.75 Å². The van der Waals surface area contributed by atoms with Gasteiger partial charge < -0.3 is 4.74 Å². The highest BCUT2D eigenvalue weighted by molar-refractivity contribution is 7.91. The van der Waals surface area contributed by atoms with Crippen molar-refractivity contribution in [2.24, 2.45) is 11.3 Å². The summed E-state index contributed by atoms with van der Waals surface area (Å²) in [7, 11) is -2.97. The Morgan fingerprint density at radius 2 is 1.84 bits per heavy atom. The van der Waals surface area contributed by atoms with Crippen LogP contribution in [0.3, 0.4) is 0 Å². The standard InChI is InChI=1S/C21H34O3S/c1-21(2,3)13-5-4-6-14-25(22,23)15-12-18-8-7-9-20(16-18)24-17-19-10-11-19/h7-9,16,19H,4-6,10-15,17H2,1-3H3. The second-order valence-corrected chi connectivity index (χ2v) is 11.0. The minimum Gasteiger partial charge on any atom is -0.493 e. The molecule has 0 heterocycles. The minimum atomic E-state index is -2.97. The van der Waals surface area contributed by atoms with Crippen LogP contribution in [-0.4, -0.2) is 26.5 Å². The summed E-state index contributed by atoms with van der Waals surface area (Å²) in [5.74, 6) is 2.14. The fourth-order valence-electron chi connectivity index (χ4n) is 2.82. The third-order valence-corrected chi connectivity index (χ3v) is 6.40. The Kier molecular flexibility index (Phi) is 7.36. The van der Waals surface area contributed by atoms with Crippen molar-refractivity contribution in [3.63, 3.8) is 0 Å². The van der Waals surface area contributed by atoms with Crippen molar-refractivity contribution in [3.8, 4) is 5.75 Å². The molecule has 1 aromatic rings. The van der Waals surface area contributed by atoms with E-state index in [4.69, 9.17) is 4.74 Å². The minimum absolute atomic E-state index is 0.234. The van der Waals surface area contributed by atoms with Gasteiger partial charge in [0.25, 0.3) is 0 Å². The fourth-order valence-corrected chi connectivity index (χ4v) is 4.21. The summed E-state index contributed by atoms with van der Waals surface area (Å²) in [4.78, 5) is 0. The molecule has 142 valence electrons. The zero-order valence-electron chi connectivity index (χ0n) is 16.1. The molecule has 1 saturated carbocycles. The first kappa shape index (κ1) is 20.3. The van der Waals surface area contributed by atoms with E-state index in [1.807, 2.05) is 24.3 Å². The van der Waals surface area contributed by atoms with E-state index in [1.54, 1.807) is 0 Å². The molecule has 1 aromatic carbocycles. The van der Waals surface area contributed by atoms with Crippen molar-refractivity contribution >= 4 is 9.84 Å². The van der Waals surface area contributed by atoms with E-state index in [0.29, 0.717) is 17.6 Å². The Hall–Kier alpha value is -1.03. The predicted octanol–water partition coefficient (Wildman–Crippen LogP) is 5.04. The quantitative estimate of drug-likeness (QED) is 0.515. The summed E-state index contributed by atoms with van der Waals surface area (Å²) in [6.07, 6.45) is 7.16. The van der Waals surface area contributed by atoms with E-state index < -0.39 is 9.84 Å². The van der Waals surface area contributed by atoms with Gasteiger partial charge in [0, 0.05) is 0 Å². The number of benzene rings is 1. The first-order chi connectivity index (χ1) is 11.7. The molecule has 0 N–H and O–H groups in total. The van der Waals surface area contributed by atoms with Crippen molar-refractivity contribution in [3.05, 3.63) is 29.8 Å². The van der Waals surface area contributed by atoms with E-state index in [-0.39, 0.29) is 5.75 Å². The van der Waals surface area contributed by atoms with Gasteiger partial charge in [-0.2, -0.15) is 0 Å². The van der Waals surface area contributed by atoms with E-state index in [0.717, 1.165) is 49.5 Å². The molecule has 0 radical (unpaired) electrons. The summed E-state index contributed by atoms with van der Waals surface area (Å²) in [6.45, 7) is 7.47. The second kappa shape index (κ2) is 9.07. The van der Waals surface area contributed by atoms with Crippen LogP contribution in [0, 0.1) is 11.3 Å². The molecule has 1 aliphatic rings. The average molecular weight is 367 g/mol. The summed E-state index contributed by atoms with van der Waals surface area (Å²) in [6, 6.07) is 7.89. The highest BCUT2D eigenvalue weighted by Gasteiger charge is 2.21. The number of hydrogen-bond acceptors (Lipinski definition) is 3. The Bertz CT molecular complexity index is 625. The van der Waals surface area contributed by atoms with Crippen LogP contribution in [0.4, 0.5) is 0 Å². The van der Waals surface area contributed by atoms with Gasteiger partial charge in [-0.15, -0.1) is 0 Å². The summed E-state index contributed by atoms with van der Waals surface area (Å²) in [5.41, 5.74) is 1.38. The van der Waals surface area contributed by atoms with Gasteiger partial charge >= 0.3 is 0 Å². The molecule has 4 heteroatoms. The zero-order chi connectivity index (χ0) is 18.3. The van der Waals surface area contributed by atoms with Crippen LogP contribution in [0.1, 0.15) is 64.9 Å². The third-order valence-electron chi connectivity index (χ3n) is 4.66. The lowest BCUT2D eigenvalue weighted by Gasteiger charge is -2.17. The average Bonchev–Trinajstić information content (AvgIpc) is 3.34. The van der Waals surface area contributed by atoms with Gasteiger partial charge in [0.2, 0.25) is 0 Å². The maximum Gasteiger partial charge on any atom is 0.150 e. The highest BCUT2D eigenvalue weighted by atomic mass is 32.2. The highest BCUT2D eigenvalue weighted by Crippen LogP contribution is 2.29. The summed E-state index contributed by atoms with van der Waals surface area (Å²) in [5, 5.41) is 0. The third kappa shape index (κ3) is 9.29. The molecule has 0 amide bonds. The molecular weight excluding hydrogens is 332 g/mol. The van der Waals surface area contributed by atoms with Crippen molar-refractivity contribution in [2.45, 2.75) is 65.7 Å². The van der Waals surface area contributed by atoms with Gasteiger partial charge in [-0.1, -0.05) is 45.7 Å². The summed E-state index contributed by atoms with van der Waals surface area (Å²) < 4.78 is 30.3. The number of aryl methyl sites for hydroxylation is 1. The number of rotatable bonds is 11. The number of ether oxygens (including phenoxy) is 1. The van der Waals surface area contributed by atoms with Crippen molar-refractivity contribution in [1.82, 2.24) is 0 Å². The Labute approximate surface area is 154 Å². The first-order valence-electron chi connectivity index (χ1n) is 9.66. The normalized spacial score (nSPS) is 15.3. The molecule has 1 fully saturated rings.